The standard InChI is InChI=1S/C20H27N3O5/c1-3-4-11-28-19(26)23-16(15-8-7-12-27-15)14(17(24)21-2)13-20(23)9-5-6-10-22-18(20)25/h3,7-8,12,14,16H,1,4-6,9-11,13H2,2H3,(H,21,24)(H,22,25)/t14-,16+,20-/m0/s1. The van der Waals surface area contributed by atoms with E-state index >= 15 is 0 Å². The summed E-state index contributed by atoms with van der Waals surface area (Å²) in [6.07, 6.45) is 5.32. The van der Waals surface area contributed by atoms with E-state index in [0.29, 0.717) is 25.1 Å². The zero-order chi connectivity index (χ0) is 20.1. The number of amides is 3. The van der Waals surface area contributed by atoms with Gasteiger partial charge in [0.1, 0.15) is 17.3 Å². The summed E-state index contributed by atoms with van der Waals surface area (Å²) < 4.78 is 11.0. The molecule has 28 heavy (non-hydrogen) atoms. The molecule has 0 bridgehead atoms. The number of furan rings is 1. The van der Waals surface area contributed by atoms with Crippen molar-refractivity contribution in [1.29, 1.82) is 0 Å². The van der Waals surface area contributed by atoms with E-state index in [1.165, 1.54) is 11.2 Å². The molecule has 0 aliphatic carbocycles. The van der Waals surface area contributed by atoms with E-state index in [0.717, 1.165) is 12.8 Å². The van der Waals surface area contributed by atoms with Crippen LogP contribution in [0.4, 0.5) is 4.79 Å². The lowest BCUT2D eigenvalue weighted by Gasteiger charge is -2.37. The van der Waals surface area contributed by atoms with Crippen molar-refractivity contribution in [2.45, 2.75) is 43.7 Å². The maximum atomic E-state index is 13.1. The van der Waals surface area contributed by atoms with Crippen LogP contribution in [-0.4, -0.2) is 48.5 Å². The van der Waals surface area contributed by atoms with Crippen molar-refractivity contribution in [2.75, 3.05) is 20.2 Å². The number of hydrogen-bond acceptors (Lipinski definition) is 5. The summed E-state index contributed by atoms with van der Waals surface area (Å²) in [5, 5.41) is 5.56. The molecule has 8 nitrogen and oxygen atoms in total. The Morgan fingerprint density at radius 2 is 2.32 bits per heavy atom. The molecule has 8 heteroatoms. The number of nitrogens with one attached hydrogen (secondary N) is 2. The van der Waals surface area contributed by atoms with E-state index in [1.807, 2.05) is 0 Å². The summed E-state index contributed by atoms with van der Waals surface area (Å²) in [6.45, 7) is 4.34. The minimum atomic E-state index is -1.14. The second-order valence-corrected chi connectivity index (χ2v) is 7.19. The van der Waals surface area contributed by atoms with Gasteiger partial charge in [-0.2, -0.15) is 0 Å². The van der Waals surface area contributed by atoms with Gasteiger partial charge in [-0.1, -0.05) is 6.08 Å². The smallest absolute Gasteiger partial charge is 0.411 e. The number of hydrogen-bond donors (Lipinski definition) is 2. The summed E-state index contributed by atoms with van der Waals surface area (Å²) in [4.78, 5) is 40.4. The third kappa shape index (κ3) is 3.50. The van der Waals surface area contributed by atoms with Gasteiger partial charge in [0.05, 0.1) is 18.8 Å². The Kier molecular flexibility index (Phi) is 6.06. The molecule has 152 valence electrons. The highest BCUT2D eigenvalue weighted by Gasteiger charge is 2.61. The van der Waals surface area contributed by atoms with Crippen molar-refractivity contribution >= 4 is 17.9 Å². The fourth-order valence-electron chi connectivity index (χ4n) is 4.26. The van der Waals surface area contributed by atoms with Crippen LogP contribution in [0.1, 0.15) is 43.9 Å². The molecule has 3 heterocycles. The molecule has 0 radical (unpaired) electrons. The van der Waals surface area contributed by atoms with Gasteiger partial charge in [-0.15, -0.1) is 6.58 Å². The summed E-state index contributed by atoms with van der Waals surface area (Å²) in [5.74, 6) is -0.636. The van der Waals surface area contributed by atoms with E-state index in [9.17, 15) is 14.4 Å². The third-order valence-electron chi connectivity index (χ3n) is 5.57. The Morgan fingerprint density at radius 3 is 3.00 bits per heavy atom. The fourth-order valence-corrected chi connectivity index (χ4v) is 4.26. The summed E-state index contributed by atoms with van der Waals surface area (Å²) in [6, 6.07) is 2.71. The van der Waals surface area contributed by atoms with Crippen LogP contribution >= 0.6 is 0 Å². The first-order valence-electron chi connectivity index (χ1n) is 9.65. The number of rotatable bonds is 5. The average molecular weight is 389 g/mol. The maximum Gasteiger partial charge on any atom is 0.411 e. The van der Waals surface area contributed by atoms with Crippen LogP contribution in [-0.2, 0) is 14.3 Å². The van der Waals surface area contributed by atoms with Gasteiger partial charge < -0.3 is 19.8 Å². The van der Waals surface area contributed by atoms with Gasteiger partial charge in [0.15, 0.2) is 0 Å². The Morgan fingerprint density at radius 1 is 1.50 bits per heavy atom. The van der Waals surface area contributed by atoms with Gasteiger partial charge >= 0.3 is 6.09 Å². The zero-order valence-electron chi connectivity index (χ0n) is 16.1. The van der Waals surface area contributed by atoms with Crippen LogP contribution < -0.4 is 10.6 Å². The van der Waals surface area contributed by atoms with E-state index in [1.54, 1.807) is 25.3 Å². The minimum absolute atomic E-state index is 0.159. The van der Waals surface area contributed by atoms with Crippen molar-refractivity contribution in [1.82, 2.24) is 15.5 Å². The molecule has 2 N–H and O–H groups in total. The Bertz CT molecular complexity index is 732. The van der Waals surface area contributed by atoms with Crippen LogP contribution in [0.25, 0.3) is 0 Å². The van der Waals surface area contributed by atoms with Gasteiger partial charge in [0.25, 0.3) is 0 Å². The molecule has 0 unspecified atom stereocenters. The molecule has 2 saturated heterocycles. The van der Waals surface area contributed by atoms with Crippen molar-refractivity contribution in [3.05, 3.63) is 36.8 Å². The molecular weight excluding hydrogens is 362 g/mol. The lowest BCUT2D eigenvalue weighted by molar-refractivity contribution is -0.131. The number of ether oxygens (including phenoxy) is 1. The maximum absolute atomic E-state index is 13.1. The molecule has 3 atom stereocenters. The van der Waals surface area contributed by atoms with Crippen LogP contribution in [0.2, 0.25) is 0 Å². The van der Waals surface area contributed by atoms with Crippen LogP contribution in [0.3, 0.4) is 0 Å². The van der Waals surface area contributed by atoms with E-state index in [2.05, 4.69) is 17.2 Å². The molecule has 3 rings (SSSR count). The molecular formula is C20H27N3O5. The van der Waals surface area contributed by atoms with E-state index in [-0.39, 0.29) is 24.8 Å². The Balaban J connectivity index is 2.06. The van der Waals surface area contributed by atoms with Crippen LogP contribution in [0.5, 0.6) is 0 Å². The number of carbonyl (C=O) groups excluding carboxylic acids is 3. The highest BCUT2D eigenvalue weighted by molar-refractivity contribution is 5.93. The zero-order valence-corrected chi connectivity index (χ0v) is 16.1. The topological polar surface area (TPSA) is 101 Å². The van der Waals surface area contributed by atoms with Crippen LogP contribution in [0, 0.1) is 5.92 Å². The first kappa shape index (κ1) is 20.0. The average Bonchev–Trinajstić information content (AvgIpc) is 3.29. The Hall–Kier alpha value is -2.77. The van der Waals surface area contributed by atoms with Gasteiger partial charge in [-0.05, 0) is 44.2 Å². The van der Waals surface area contributed by atoms with Crippen molar-refractivity contribution < 1.29 is 23.5 Å². The molecule has 0 aromatic carbocycles. The van der Waals surface area contributed by atoms with Crippen molar-refractivity contribution in [3.63, 3.8) is 0 Å². The highest BCUT2D eigenvalue weighted by Crippen LogP contribution is 2.50. The van der Waals surface area contributed by atoms with Crippen molar-refractivity contribution in [3.8, 4) is 0 Å². The SMILES string of the molecule is C=CCCOC(=O)N1[C@@H](c2ccco2)[C@@H](C(=O)NC)C[C@]12CCCCNC2=O. The molecule has 1 spiro atoms. The molecule has 2 aliphatic heterocycles. The largest absolute Gasteiger partial charge is 0.467 e. The monoisotopic (exact) mass is 389 g/mol. The van der Waals surface area contributed by atoms with Gasteiger partial charge in [0.2, 0.25) is 11.8 Å². The lowest BCUT2D eigenvalue weighted by atomic mass is 9.86. The van der Waals surface area contributed by atoms with Gasteiger partial charge in [0, 0.05) is 13.6 Å². The second-order valence-electron chi connectivity index (χ2n) is 7.19. The van der Waals surface area contributed by atoms with E-state index in [4.69, 9.17) is 9.15 Å². The number of carbonyl (C=O) groups is 3. The third-order valence-corrected chi connectivity index (χ3v) is 5.57. The molecule has 1 aromatic heterocycles. The molecule has 3 amide bonds. The quantitative estimate of drug-likeness (QED) is 0.594. The normalized spacial score (nSPS) is 27.2. The Labute approximate surface area is 164 Å². The predicted molar refractivity (Wildman–Crippen MR) is 101 cm³/mol. The summed E-state index contributed by atoms with van der Waals surface area (Å²) in [5.41, 5.74) is -1.14. The molecule has 2 fully saturated rings. The highest BCUT2D eigenvalue weighted by atomic mass is 16.6. The minimum Gasteiger partial charge on any atom is -0.467 e. The fraction of sp³-hybridized carbons (Fsp3) is 0.550. The van der Waals surface area contributed by atoms with E-state index < -0.39 is 23.6 Å². The first-order valence-corrected chi connectivity index (χ1v) is 9.65. The summed E-state index contributed by atoms with van der Waals surface area (Å²) >= 11 is 0. The second kappa shape index (κ2) is 8.50. The van der Waals surface area contributed by atoms with Crippen LogP contribution in [0.15, 0.2) is 35.5 Å². The molecule has 1 aromatic rings. The molecule has 0 saturated carbocycles. The van der Waals surface area contributed by atoms with Gasteiger partial charge in [-0.25, -0.2) is 4.79 Å². The lowest BCUT2D eigenvalue weighted by Crippen LogP contribution is -2.57. The van der Waals surface area contributed by atoms with Gasteiger partial charge in [-0.3, -0.25) is 14.5 Å². The number of nitrogens with zero attached hydrogens (tertiary/aromatic N) is 1. The molecule has 2 aliphatic rings. The number of likely N-dealkylation sites (tertiary alicyclic amines) is 1. The first-order chi connectivity index (χ1) is 13.5. The summed E-state index contributed by atoms with van der Waals surface area (Å²) in [7, 11) is 1.55. The predicted octanol–water partition coefficient (Wildman–Crippen LogP) is 2.14. The van der Waals surface area contributed by atoms with Crippen molar-refractivity contribution in [2.24, 2.45) is 5.92 Å².